The number of methoxy groups -OCH3 is 1. The van der Waals surface area contributed by atoms with Crippen molar-refractivity contribution in [2.45, 2.75) is 11.9 Å². The van der Waals surface area contributed by atoms with Crippen molar-refractivity contribution in [3.8, 4) is 16.9 Å². The molecule has 0 saturated carbocycles. The number of hydrogen-bond acceptors (Lipinski definition) is 8. The minimum Gasteiger partial charge on any atom is -0.495 e. The van der Waals surface area contributed by atoms with Gasteiger partial charge in [0.25, 0.3) is 0 Å². The van der Waals surface area contributed by atoms with Crippen LogP contribution >= 0.6 is 11.8 Å². The first-order valence-electron chi connectivity index (χ1n) is 11.8. The minimum absolute atomic E-state index is 0.0538. The van der Waals surface area contributed by atoms with E-state index in [2.05, 4.69) is 10.2 Å². The Morgan fingerprint density at radius 1 is 1.08 bits per heavy atom. The van der Waals surface area contributed by atoms with Crippen LogP contribution in [0, 0.1) is 0 Å². The molecule has 0 bridgehead atoms. The van der Waals surface area contributed by atoms with E-state index in [1.807, 2.05) is 48.5 Å². The normalized spacial score (nSPS) is 13.2. The first kappa shape index (κ1) is 25.5. The number of benzene rings is 2. The SMILES string of the molecule is CCOC(=O)c1c(-c2ccccc2)cc(N2CCOCC2)nc1SCC(=O)Nc1ccccc1OC. The highest BCUT2D eigenvalue weighted by Crippen LogP contribution is 2.35. The second kappa shape index (κ2) is 12.4. The van der Waals surface area contributed by atoms with Crippen molar-refractivity contribution in [3.05, 3.63) is 66.2 Å². The quantitative estimate of drug-likeness (QED) is 0.335. The Kier molecular flexibility index (Phi) is 8.80. The summed E-state index contributed by atoms with van der Waals surface area (Å²) in [7, 11) is 1.55. The monoisotopic (exact) mass is 507 g/mol. The van der Waals surface area contributed by atoms with Crippen LogP contribution in [0.5, 0.6) is 5.75 Å². The van der Waals surface area contributed by atoms with Gasteiger partial charge in [0, 0.05) is 18.7 Å². The van der Waals surface area contributed by atoms with Crippen LogP contribution in [0.25, 0.3) is 11.1 Å². The molecule has 8 nitrogen and oxygen atoms in total. The van der Waals surface area contributed by atoms with E-state index >= 15 is 0 Å². The summed E-state index contributed by atoms with van der Waals surface area (Å²) in [5, 5.41) is 3.32. The Morgan fingerprint density at radius 2 is 1.81 bits per heavy atom. The summed E-state index contributed by atoms with van der Waals surface area (Å²) in [6.45, 7) is 4.59. The van der Waals surface area contributed by atoms with Crippen molar-refractivity contribution < 1.29 is 23.8 Å². The zero-order chi connectivity index (χ0) is 25.3. The number of nitrogens with one attached hydrogen (secondary N) is 1. The molecule has 2 heterocycles. The lowest BCUT2D eigenvalue weighted by Gasteiger charge is -2.29. The molecule has 1 aliphatic rings. The predicted molar refractivity (Wildman–Crippen MR) is 141 cm³/mol. The third-order valence-electron chi connectivity index (χ3n) is 5.59. The maximum absolute atomic E-state index is 13.1. The van der Waals surface area contributed by atoms with Gasteiger partial charge in [0.15, 0.2) is 0 Å². The summed E-state index contributed by atoms with van der Waals surface area (Å²) < 4.78 is 16.2. The number of hydrogen-bond donors (Lipinski definition) is 1. The molecule has 1 amide bonds. The molecule has 0 aliphatic carbocycles. The molecule has 0 atom stereocenters. The van der Waals surface area contributed by atoms with Crippen molar-refractivity contribution in [2.24, 2.45) is 0 Å². The zero-order valence-corrected chi connectivity index (χ0v) is 21.2. The third-order valence-corrected chi connectivity index (χ3v) is 6.57. The largest absolute Gasteiger partial charge is 0.495 e. The Bertz CT molecular complexity index is 1200. The second-order valence-corrected chi connectivity index (χ2v) is 8.90. The highest BCUT2D eigenvalue weighted by atomic mass is 32.2. The molecule has 4 rings (SSSR count). The van der Waals surface area contributed by atoms with Crippen molar-refractivity contribution in [2.75, 3.05) is 56.0 Å². The van der Waals surface area contributed by atoms with E-state index in [0.717, 1.165) is 16.9 Å². The molecule has 1 aliphatic heterocycles. The lowest BCUT2D eigenvalue weighted by molar-refractivity contribution is -0.113. The highest BCUT2D eigenvalue weighted by molar-refractivity contribution is 8.00. The predicted octanol–water partition coefficient (Wildman–Crippen LogP) is 4.50. The first-order chi connectivity index (χ1) is 17.6. The summed E-state index contributed by atoms with van der Waals surface area (Å²) in [4.78, 5) is 32.9. The van der Waals surface area contributed by atoms with Crippen LogP contribution < -0.4 is 15.0 Å². The highest BCUT2D eigenvalue weighted by Gasteiger charge is 2.25. The van der Waals surface area contributed by atoms with Gasteiger partial charge < -0.3 is 24.4 Å². The minimum atomic E-state index is -0.468. The number of rotatable bonds is 9. The Morgan fingerprint density at radius 3 is 2.53 bits per heavy atom. The van der Waals surface area contributed by atoms with E-state index < -0.39 is 5.97 Å². The molecule has 1 N–H and O–H groups in total. The van der Waals surface area contributed by atoms with Gasteiger partial charge in [0.05, 0.1) is 43.9 Å². The molecule has 36 heavy (non-hydrogen) atoms. The average molecular weight is 508 g/mol. The van der Waals surface area contributed by atoms with E-state index in [1.54, 1.807) is 26.2 Å². The molecular weight excluding hydrogens is 478 g/mol. The number of esters is 1. The summed E-state index contributed by atoms with van der Waals surface area (Å²) in [5.41, 5.74) is 2.53. The molecule has 188 valence electrons. The fraction of sp³-hybridized carbons (Fsp3) is 0.296. The number of pyridine rings is 1. The van der Waals surface area contributed by atoms with Gasteiger partial charge in [-0.25, -0.2) is 9.78 Å². The smallest absolute Gasteiger partial charge is 0.341 e. The molecule has 0 unspecified atom stereocenters. The van der Waals surface area contributed by atoms with Crippen molar-refractivity contribution >= 4 is 35.1 Å². The Balaban J connectivity index is 1.69. The van der Waals surface area contributed by atoms with Crippen molar-refractivity contribution in [1.82, 2.24) is 4.98 Å². The molecule has 1 saturated heterocycles. The standard InChI is InChI=1S/C27H29N3O5S/c1-3-35-27(32)25-20(19-9-5-4-6-10-19)17-23(30-13-15-34-16-14-30)29-26(25)36-18-24(31)28-21-11-7-8-12-22(21)33-2/h4-12,17H,3,13-16,18H2,1-2H3,(H,28,31). The zero-order valence-electron chi connectivity index (χ0n) is 20.4. The number of ether oxygens (including phenoxy) is 3. The van der Waals surface area contributed by atoms with E-state index in [-0.39, 0.29) is 18.3 Å². The van der Waals surface area contributed by atoms with Gasteiger partial charge in [-0.2, -0.15) is 0 Å². The van der Waals surface area contributed by atoms with Crippen LogP contribution in [-0.2, 0) is 14.3 Å². The molecule has 3 aromatic rings. The molecule has 2 aromatic carbocycles. The van der Waals surface area contributed by atoms with Gasteiger partial charge in [0.1, 0.15) is 16.6 Å². The van der Waals surface area contributed by atoms with Crippen LogP contribution in [-0.4, -0.2) is 62.6 Å². The van der Waals surface area contributed by atoms with Gasteiger partial charge in [-0.3, -0.25) is 4.79 Å². The molecular formula is C27H29N3O5S. The van der Waals surface area contributed by atoms with E-state index in [9.17, 15) is 9.59 Å². The van der Waals surface area contributed by atoms with Gasteiger partial charge in [-0.1, -0.05) is 54.2 Å². The number of carbonyl (C=O) groups is 2. The summed E-state index contributed by atoms with van der Waals surface area (Å²) >= 11 is 1.21. The van der Waals surface area contributed by atoms with E-state index in [1.165, 1.54) is 11.8 Å². The summed E-state index contributed by atoms with van der Waals surface area (Å²) in [6.07, 6.45) is 0. The molecule has 0 spiro atoms. The van der Waals surface area contributed by atoms with Crippen molar-refractivity contribution in [1.29, 1.82) is 0 Å². The van der Waals surface area contributed by atoms with Gasteiger partial charge in [-0.05, 0) is 30.7 Å². The van der Waals surface area contributed by atoms with E-state index in [0.29, 0.717) is 48.3 Å². The Labute approximate surface area is 215 Å². The molecule has 1 aromatic heterocycles. The second-order valence-electron chi connectivity index (χ2n) is 7.93. The van der Waals surface area contributed by atoms with Gasteiger partial charge in [-0.15, -0.1) is 0 Å². The third kappa shape index (κ3) is 6.16. The van der Waals surface area contributed by atoms with Crippen LogP contribution in [0.4, 0.5) is 11.5 Å². The number of amides is 1. The number of thioether (sulfide) groups is 1. The summed E-state index contributed by atoms with van der Waals surface area (Å²) in [5.74, 6) is 0.655. The fourth-order valence-corrected chi connectivity index (χ4v) is 4.72. The number of carbonyl (C=O) groups excluding carboxylic acids is 2. The first-order valence-corrected chi connectivity index (χ1v) is 12.7. The molecule has 0 radical (unpaired) electrons. The number of anilines is 2. The number of morpholine rings is 1. The lowest BCUT2D eigenvalue weighted by Crippen LogP contribution is -2.37. The van der Waals surface area contributed by atoms with Gasteiger partial charge >= 0.3 is 5.97 Å². The fourth-order valence-electron chi connectivity index (χ4n) is 3.88. The van der Waals surface area contributed by atoms with Crippen LogP contribution in [0.2, 0.25) is 0 Å². The van der Waals surface area contributed by atoms with Crippen LogP contribution in [0.1, 0.15) is 17.3 Å². The lowest BCUT2D eigenvalue weighted by atomic mass is 10.0. The number of nitrogens with zero attached hydrogens (tertiary/aromatic N) is 2. The maximum atomic E-state index is 13.1. The maximum Gasteiger partial charge on any atom is 0.341 e. The molecule has 1 fully saturated rings. The average Bonchev–Trinajstić information content (AvgIpc) is 2.92. The number of aromatic nitrogens is 1. The number of para-hydroxylation sites is 2. The molecule has 9 heteroatoms. The van der Waals surface area contributed by atoms with E-state index in [4.69, 9.17) is 19.2 Å². The topological polar surface area (TPSA) is 90.0 Å². The van der Waals surface area contributed by atoms with Crippen LogP contribution in [0.15, 0.2) is 65.7 Å². The van der Waals surface area contributed by atoms with Crippen LogP contribution in [0.3, 0.4) is 0 Å². The van der Waals surface area contributed by atoms with Gasteiger partial charge in [0.2, 0.25) is 5.91 Å². The Hall–Kier alpha value is -3.56. The summed E-state index contributed by atoms with van der Waals surface area (Å²) in [6, 6.07) is 18.8. The van der Waals surface area contributed by atoms with Crippen molar-refractivity contribution in [3.63, 3.8) is 0 Å².